The first-order chi connectivity index (χ1) is 9.37. The molecule has 3 rings (SSSR count). The molecule has 0 fully saturated rings. The van der Waals surface area contributed by atoms with Crippen LogP contribution in [0.4, 0.5) is 0 Å². The van der Waals surface area contributed by atoms with Crippen molar-refractivity contribution in [3.8, 4) is 5.69 Å². The van der Waals surface area contributed by atoms with Crippen molar-refractivity contribution in [2.45, 2.75) is 46.6 Å². The number of hydrogen-bond donors (Lipinski definition) is 1. The average molecular weight is 268 g/mol. The molecular weight excluding hydrogens is 244 g/mol. The van der Waals surface area contributed by atoms with Crippen molar-refractivity contribution in [1.29, 1.82) is 0 Å². The molecule has 1 aliphatic rings. The smallest absolute Gasteiger partial charge is 0.0484 e. The third kappa shape index (κ3) is 2.18. The summed E-state index contributed by atoms with van der Waals surface area (Å²) in [5, 5.41) is 0. The van der Waals surface area contributed by atoms with Gasteiger partial charge in [-0.3, -0.25) is 0 Å². The summed E-state index contributed by atoms with van der Waals surface area (Å²) in [7, 11) is 0. The van der Waals surface area contributed by atoms with Crippen LogP contribution in [-0.4, -0.2) is 4.57 Å². The highest BCUT2D eigenvalue weighted by molar-refractivity contribution is 5.47. The largest absolute Gasteiger partial charge is 0.324 e. The van der Waals surface area contributed by atoms with E-state index in [0.717, 1.165) is 12.8 Å². The second kappa shape index (κ2) is 4.49. The molecule has 0 spiro atoms. The van der Waals surface area contributed by atoms with Crippen LogP contribution in [0.5, 0.6) is 0 Å². The molecule has 2 nitrogen and oxygen atoms in total. The molecule has 0 aliphatic heterocycles. The minimum atomic E-state index is 0.167. The topological polar surface area (TPSA) is 30.9 Å². The molecule has 0 saturated carbocycles. The maximum absolute atomic E-state index is 6.37. The van der Waals surface area contributed by atoms with E-state index in [9.17, 15) is 0 Å². The number of nitrogens with two attached hydrogens (primary N) is 1. The highest BCUT2D eigenvalue weighted by Gasteiger charge is 2.32. The second-order valence-corrected chi connectivity index (χ2v) is 7.03. The Balaban J connectivity index is 2.16. The van der Waals surface area contributed by atoms with Gasteiger partial charge in [0.2, 0.25) is 0 Å². The van der Waals surface area contributed by atoms with Gasteiger partial charge in [0.25, 0.3) is 0 Å². The number of benzene rings is 1. The fraction of sp³-hybridized carbons (Fsp3) is 0.444. The van der Waals surface area contributed by atoms with Gasteiger partial charge in [-0.2, -0.15) is 0 Å². The Labute approximate surface area is 121 Å². The van der Waals surface area contributed by atoms with Crippen molar-refractivity contribution in [2.75, 3.05) is 0 Å². The fourth-order valence-corrected chi connectivity index (χ4v) is 3.44. The highest BCUT2D eigenvalue weighted by atomic mass is 15.0. The molecule has 1 aromatic heterocycles. The Hall–Kier alpha value is -1.54. The highest BCUT2D eigenvalue weighted by Crippen LogP contribution is 2.41. The number of fused-ring (bicyclic) bond motifs is 1. The average Bonchev–Trinajstić information content (AvgIpc) is 2.74. The molecule has 0 amide bonds. The van der Waals surface area contributed by atoms with Gasteiger partial charge in [0, 0.05) is 23.6 Å². The maximum atomic E-state index is 6.37. The normalized spacial score (nSPS) is 20.8. The van der Waals surface area contributed by atoms with Crippen LogP contribution >= 0.6 is 0 Å². The zero-order valence-electron chi connectivity index (χ0n) is 12.9. The number of aromatic nitrogens is 1. The van der Waals surface area contributed by atoms with Crippen molar-refractivity contribution in [3.05, 3.63) is 52.8 Å². The van der Waals surface area contributed by atoms with Crippen molar-refractivity contribution in [3.63, 3.8) is 0 Å². The zero-order chi connectivity index (χ0) is 14.5. The van der Waals surface area contributed by atoms with E-state index in [1.165, 1.54) is 28.1 Å². The lowest BCUT2D eigenvalue weighted by Gasteiger charge is -2.34. The van der Waals surface area contributed by atoms with Gasteiger partial charge in [0.05, 0.1) is 0 Å². The van der Waals surface area contributed by atoms with Crippen LogP contribution in [0.2, 0.25) is 0 Å². The number of hydrogen-bond acceptors (Lipinski definition) is 1. The lowest BCUT2D eigenvalue weighted by molar-refractivity contribution is 0.278. The van der Waals surface area contributed by atoms with Crippen LogP contribution in [0.15, 0.2) is 30.5 Å². The van der Waals surface area contributed by atoms with Gasteiger partial charge in [-0.1, -0.05) is 26.0 Å². The predicted octanol–water partition coefficient (Wildman–Crippen LogP) is 4.07. The van der Waals surface area contributed by atoms with Gasteiger partial charge >= 0.3 is 0 Å². The Morgan fingerprint density at radius 3 is 2.70 bits per heavy atom. The quantitative estimate of drug-likeness (QED) is 0.830. The molecule has 2 N–H and O–H groups in total. The van der Waals surface area contributed by atoms with Gasteiger partial charge < -0.3 is 10.3 Å². The number of nitrogens with zero attached hydrogens (tertiary/aromatic N) is 1. The number of aryl methyl sites for hydroxylation is 2. The SMILES string of the molecule is Cc1ccc(C)c(-n2ccc3c2CC(C)(C)CC3N)c1. The first kappa shape index (κ1) is 13.4. The summed E-state index contributed by atoms with van der Waals surface area (Å²) in [6.45, 7) is 8.95. The van der Waals surface area contributed by atoms with Crippen LogP contribution in [-0.2, 0) is 6.42 Å². The summed E-state index contributed by atoms with van der Waals surface area (Å²) < 4.78 is 2.35. The summed E-state index contributed by atoms with van der Waals surface area (Å²) in [6.07, 6.45) is 4.35. The van der Waals surface area contributed by atoms with Gasteiger partial charge in [0.1, 0.15) is 0 Å². The van der Waals surface area contributed by atoms with Crippen molar-refractivity contribution in [2.24, 2.45) is 11.1 Å². The molecule has 2 heteroatoms. The molecule has 0 radical (unpaired) electrons. The van der Waals surface area contributed by atoms with Gasteiger partial charge in [-0.15, -0.1) is 0 Å². The molecule has 1 unspecified atom stereocenters. The first-order valence-electron chi connectivity index (χ1n) is 7.41. The van der Waals surface area contributed by atoms with Crippen LogP contribution < -0.4 is 5.73 Å². The van der Waals surface area contributed by atoms with E-state index < -0.39 is 0 Å². The summed E-state index contributed by atoms with van der Waals surface area (Å²) >= 11 is 0. The number of rotatable bonds is 1. The second-order valence-electron chi connectivity index (χ2n) is 7.03. The molecular formula is C18H24N2. The molecule has 20 heavy (non-hydrogen) atoms. The Morgan fingerprint density at radius 2 is 1.95 bits per heavy atom. The van der Waals surface area contributed by atoms with E-state index in [-0.39, 0.29) is 11.5 Å². The summed E-state index contributed by atoms with van der Waals surface area (Å²) in [5.74, 6) is 0. The van der Waals surface area contributed by atoms with Gasteiger partial charge in [-0.05, 0) is 60.9 Å². The molecule has 1 atom stereocenters. The van der Waals surface area contributed by atoms with E-state index in [4.69, 9.17) is 5.73 Å². The predicted molar refractivity (Wildman–Crippen MR) is 84.3 cm³/mol. The molecule has 0 bridgehead atoms. The minimum Gasteiger partial charge on any atom is -0.324 e. The van der Waals surface area contributed by atoms with Crippen molar-refractivity contribution in [1.82, 2.24) is 4.57 Å². The van der Waals surface area contributed by atoms with Crippen LogP contribution in [0.1, 0.15) is 48.7 Å². The van der Waals surface area contributed by atoms with Gasteiger partial charge in [0.15, 0.2) is 0 Å². The monoisotopic (exact) mass is 268 g/mol. The van der Waals surface area contributed by atoms with Gasteiger partial charge in [-0.25, -0.2) is 0 Å². The maximum Gasteiger partial charge on any atom is 0.0484 e. The zero-order valence-corrected chi connectivity index (χ0v) is 12.9. The Bertz CT molecular complexity index is 649. The van der Waals surface area contributed by atoms with Crippen molar-refractivity contribution >= 4 is 0 Å². The third-order valence-electron chi connectivity index (χ3n) is 4.47. The Kier molecular flexibility index (Phi) is 3.02. The van der Waals surface area contributed by atoms with Crippen LogP contribution in [0.25, 0.3) is 5.69 Å². The first-order valence-corrected chi connectivity index (χ1v) is 7.41. The van der Waals surface area contributed by atoms with Crippen molar-refractivity contribution < 1.29 is 0 Å². The van der Waals surface area contributed by atoms with E-state index >= 15 is 0 Å². The van der Waals surface area contributed by atoms with E-state index in [1.54, 1.807) is 0 Å². The van der Waals surface area contributed by atoms with E-state index in [1.807, 2.05) is 0 Å². The summed E-state index contributed by atoms with van der Waals surface area (Å²) in [4.78, 5) is 0. The fourth-order valence-electron chi connectivity index (χ4n) is 3.44. The molecule has 1 aliphatic carbocycles. The minimum absolute atomic E-state index is 0.167. The lowest BCUT2D eigenvalue weighted by Crippen LogP contribution is -2.30. The molecule has 0 saturated heterocycles. The van der Waals surface area contributed by atoms with E-state index in [0.29, 0.717) is 0 Å². The molecule has 1 aromatic carbocycles. The molecule has 2 aromatic rings. The third-order valence-corrected chi connectivity index (χ3v) is 4.47. The van der Waals surface area contributed by atoms with Crippen LogP contribution in [0, 0.1) is 19.3 Å². The molecule has 106 valence electrons. The summed E-state index contributed by atoms with van der Waals surface area (Å²) in [6, 6.07) is 9.01. The van der Waals surface area contributed by atoms with E-state index in [2.05, 4.69) is 62.7 Å². The summed E-state index contributed by atoms with van der Waals surface area (Å²) in [5.41, 5.74) is 13.3. The molecule has 1 heterocycles. The Morgan fingerprint density at radius 1 is 1.20 bits per heavy atom. The van der Waals surface area contributed by atoms with Crippen LogP contribution in [0.3, 0.4) is 0 Å². The standard InChI is InChI=1S/C18H24N2/c1-12-5-6-13(2)16(9-12)20-8-7-14-15(19)10-18(3,4)11-17(14)20/h5-9,15H,10-11,19H2,1-4H3. The lowest BCUT2D eigenvalue weighted by atomic mass is 9.74.